The molecule has 0 spiro atoms. The van der Waals surface area contributed by atoms with Crippen molar-refractivity contribution < 1.29 is 22.7 Å². The van der Waals surface area contributed by atoms with Gasteiger partial charge in [-0.1, -0.05) is 60.1 Å². The van der Waals surface area contributed by atoms with E-state index < -0.39 is 21.9 Å². The Morgan fingerprint density at radius 2 is 1.45 bits per heavy atom. The molecule has 0 fully saturated rings. The van der Waals surface area contributed by atoms with E-state index in [1.807, 2.05) is 6.07 Å². The number of nitrogens with one attached hydrogen (secondary N) is 1. The summed E-state index contributed by atoms with van der Waals surface area (Å²) in [6.07, 6.45) is 0. The smallest absolute Gasteiger partial charge is 0.338 e. The molecule has 9 heteroatoms. The van der Waals surface area contributed by atoms with Gasteiger partial charge in [0, 0.05) is 5.56 Å². The molecule has 0 aliphatic carbocycles. The Balaban J connectivity index is 1.52. The first kappa shape index (κ1) is 26.9. The summed E-state index contributed by atoms with van der Waals surface area (Å²) in [4.78, 5) is 24.9. The average molecular weight is 549 g/mol. The van der Waals surface area contributed by atoms with Crippen LogP contribution in [0.25, 0.3) is 0 Å². The fourth-order valence-corrected chi connectivity index (χ4v) is 5.41. The lowest BCUT2D eigenvalue weighted by molar-refractivity contribution is 0.0526. The second kappa shape index (κ2) is 11.9. The van der Waals surface area contributed by atoms with Crippen molar-refractivity contribution in [2.24, 2.45) is 0 Å². The van der Waals surface area contributed by atoms with Gasteiger partial charge in [-0.05, 0) is 67.1 Å². The van der Waals surface area contributed by atoms with Crippen molar-refractivity contribution in [3.8, 4) is 0 Å². The molecular weight excluding hydrogens is 524 g/mol. The molecule has 4 rings (SSSR count). The molecule has 0 aromatic heterocycles. The summed E-state index contributed by atoms with van der Waals surface area (Å²) >= 11 is 6.25. The molecule has 1 N–H and O–H groups in total. The van der Waals surface area contributed by atoms with Crippen molar-refractivity contribution in [1.29, 1.82) is 0 Å². The van der Waals surface area contributed by atoms with Crippen LogP contribution in [0.15, 0.2) is 108 Å². The van der Waals surface area contributed by atoms with E-state index >= 15 is 0 Å². The number of para-hydroxylation sites is 1. The molecule has 0 radical (unpaired) electrons. The molecule has 0 aliphatic rings. The third-order valence-electron chi connectivity index (χ3n) is 5.65. The summed E-state index contributed by atoms with van der Waals surface area (Å²) in [5, 5.41) is 2.93. The minimum absolute atomic E-state index is 0.0737. The summed E-state index contributed by atoms with van der Waals surface area (Å²) in [7, 11) is -3.83. The van der Waals surface area contributed by atoms with Crippen molar-refractivity contribution in [3.63, 3.8) is 0 Å². The number of hydrogen-bond donors (Lipinski definition) is 1. The number of ether oxygens (including phenoxy) is 1. The zero-order valence-corrected chi connectivity index (χ0v) is 22.1. The van der Waals surface area contributed by atoms with Gasteiger partial charge in [0.05, 0.1) is 40.0 Å². The highest BCUT2D eigenvalue weighted by Gasteiger charge is 2.25. The first-order valence-electron chi connectivity index (χ1n) is 11.8. The lowest BCUT2D eigenvalue weighted by atomic mass is 10.1. The number of halogens is 1. The van der Waals surface area contributed by atoms with Crippen LogP contribution in [0.5, 0.6) is 0 Å². The van der Waals surface area contributed by atoms with E-state index in [0.717, 1.165) is 0 Å². The van der Waals surface area contributed by atoms with Crippen LogP contribution in [-0.2, 0) is 21.3 Å². The molecule has 0 heterocycles. The van der Waals surface area contributed by atoms with Crippen LogP contribution in [0, 0.1) is 0 Å². The first-order chi connectivity index (χ1) is 18.3. The molecule has 0 saturated carbocycles. The molecular formula is C29H25ClN2O5S. The maximum Gasteiger partial charge on any atom is 0.338 e. The van der Waals surface area contributed by atoms with Gasteiger partial charge in [-0.15, -0.1) is 0 Å². The fraction of sp³-hybridized carbons (Fsp3) is 0.103. The van der Waals surface area contributed by atoms with Crippen molar-refractivity contribution in [3.05, 3.63) is 125 Å². The maximum atomic E-state index is 13.5. The number of rotatable bonds is 9. The lowest BCUT2D eigenvalue weighted by Crippen LogP contribution is -2.30. The van der Waals surface area contributed by atoms with Crippen molar-refractivity contribution >= 4 is 44.9 Å². The SMILES string of the molecule is CCOC(=O)c1ccc(NC(=O)c2ccc(CN(c3ccccc3)S(=O)(=O)c3ccccc3)cc2)c(Cl)c1. The van der Waals surface area contributed by atoms with E-state index in [4.69, 9.17) is 16.3 Å². The monoisotopic (exact) mass is 548 g/mol. The highest BCUT2D eigenvalue weighted by molar-refractivity contribution is 7.92. The van der Waals surface area contributed by atoms with E-state index in [-0.39, 0.29) is 28.6 Å². The Hall–Kier alpha value is -4.14. The van der Waals surface area contributed by atoms with Crippen molar-refractivity contribution in [2.45, 2.75) is 18.4 Å². The summed E-state index contributed by atoms with van der Waals surface area (Å²) < 4.78 is 33.2. The number of esters is 1. The van der Waals surface area contributed by atoms with Crippen molar-refractivity contribution in [2.75, 3.05) is 16.2 Å². The van der Waals surface area contributed by atoms with Crippen molar-refractivity contribution in [1.82, 2.24) is 0 Å². The Morgan fingerprint density at radius 3 is 2.05 bits per heavy atom. The topological polar surface area (TPSA) is 92.8 Å². The third kappa shape index (κ3) is 6.22. The summed E-state index contributed by atoms with van der Waals surface area (Å²) in [5.74, 6) is -0.902. The Kier molecular flexibility index (Phi) is 8.45. The minimum atomic E-state index is -3.83. The Labute approximate surface area is 226 Å². The van der Waals surface area contributed by atoms with Gasteiger partial charge in [0.1, 0.15) is 0 Å². The highest BCUT2D eigenvalue weighted by atomic mass is 35.5. The summed E-state index contributed by atoms with van der Waals surface area (Å²) in [6, 6.07) is 28.2. The molecule has 38 heavy (non-hydrogen) atoms. The van der Waals surface area contributed by atoms with Gasteiger partial charge in [-0.2, -0.15) is 0 Å². The van der Waals surface area contributed by atoms with Crippen LogP contribution in [0.2, 0.25) is 5.02 Å². The standard InChI is InChI=1S/C29H25ClN2O5S/c1-2-37-29(34)23-17-18-27(26(30)19-23)31-28(33)22-15-13-21(14-16-22)20-32(24-9-5-3-6-10-24)38(35,36)25-11-7-4-8-12-25/h3-19H,2,20H2,1H3,(H,31,33). The molecule has 0 bridgehead atoms. The van der Waals surface area contributed by atoms with Crippen LogP contribution in [-0.4, -0.2) is 26.9 Å². The molecule has 0 aliphatic heterocycles. The maximum absolute atomic E-state index is 13.5. The number of anilines is 2. The summed E-state index contributed by atoms with van der Waals surface area (Å²) in [6.45, 7) is 2.03. The molecule has 0 unspecified atom stereocenters. The van der Waals surface area contributed by atoms with Gasteiger partial charge < -0.3 is 10.1 Å². The van der Waals surface area contributed by atoms with Gasteiger partial charge in [0.25, 0.3) is 15.9 Å². The first-order valence-corrected chi connectivity index (χ1v) is 13.6. The van der Waals surface area contributed by atoms with Crippen LogP contribution in [0.1, 0.15) is 33.2 Å². The number of benzene rings is 4. The minimum Gasteiger partial charge on any atom is -0.462 e. The van der Waals surface area contributed by atoms with Gasteiger partial charge >= 0.3 is 5.97 Å². The average Bonchev–Trinajstić information content (AvgIpc) is 2.94. The second-order valence-corrected chi connectivity index (χ2v) is 10.5. The number of carbonyl (C=O) groups is 2. The van der Waals surface area contributed by atoms with E-state index in [1.54, 1.807) is 85.8 Å². The molecule has 4 aromatic rings. The number of carbonyl (C=O) groups excluding carboxylic acids is 2. The number of hydrogen-bond acceptors (Lipinski definition) is 5. The quantitative estimate of drug-likeness (QED) is 0.253. The van der Waals surface area contributed by atoms with Gasteiger partial charge in [0.2, 0.25) is 0 Å². The lowest BCUT2D eigenvalue weighted by Gasteiger charge is -2.25. The predicted molar refractivity (Wildman–Crippen MR) is 148 cm³/mol. The number of sulfonamides is 1. The zero-order valence-electron chi connectivity index (χ0n) is 20.5. The van der Waals surface area contributed by atoms with Crippen LogP contribution in [0.3, 0.4) is 0 Å². The summed E-state index contributed by atoms with van der Waals surface area (Å²) in [5.41, 5.74) is 2.21. The Morgan fingerprint density at radius 1 is 0.842 bits per heavy atom. The van der Waals surface area contributed by atoms with Crippen LogP contribution in [0.4, 0.5) is 11.4 Å². The molecule has 1 amide bonds. The van der Waals surface area contributed by atoms with Crippen LogP contribution < -0.4 is 9.62 Å². The third-order valence-corrected chi connectivity index (χ3v) is 7.75. The van der Waals surface area contributed by atoms with E-state index in [2.05, 4.69) is 5.32 Å². The molecule has 0 atom stereocenters. The highest BCUT2D eigenvalue weighted by Crippen LogP contribution is 2.27. The van der Waals surface area contributed by atoms with Gasteiger partial charge in [-0.25, -0.2) is 13.2 Å². The Bertz CT molecular complexity index is 1530. The molecule has 0 saturated heterocycles. The van der Waals surface area contributed by atoms with Gasteiger partial charge in [-0.3, -0.25) is 9.10 Å². The molecule has 194 valence electrons. The molecule has 4 aromatic carbocycles. The van der Waals surface area contributed by atoms with E-state index in [1.165, 1.54) is 22.5 Å². The van der Waals surface area contributed by atoms with Crippen LogP contribution >= 0.6 is 11.6 Å². The molecule has 7 nitrogen and oxygen atoms in total. The second-order valence-electron chi connectivity index (χ2n) is 8.23. The number of amides is 1. The largest absolute Gasteiger partial charge is 0.462 e. The van der Waals surface area contributed by atoms with E-state index in [0.29, 0.717) is 22.5 Å². The van der Waals surface area contributed by atoms with E-state index in [9.17, 15) is 18.0 Å². The van der Waals surface area contributed by atoms with Gasteiger partial charge in [0.15, 0.2) is 0 Å². The zero-order chi connectivity index (χ0) is 27.1. The predicted octanol–water partition coefficient (Wildman–Crippen LogP) is 6.16. The normalized spacial score (nSPS) is 11.0. The fourth-order valence-electron chi connectivity index (χ4n) is 3.71. The number of nitrogens with zero attached hydrogens (tertiary/aromatic N) is 1.